The van der Waals surface area contributed by atoms with Crippen LogP contribution in [0.25, 0.3) is 20.7 Å². The highest BCUT2D eigenvalue weighted by Crippen LogP contribution is 2.31. The van der Waals surface area contributed by atoms with Gasteiger partial charge in [0.15, 0.2) is 0 Å². The third-order valence-corrected chi connectivity index (χ3v) is 5.16. The van der Waals surface area contributed by atoms with Crippen LogP contribution in [0.3, 0.4) is 0 Å². The third kappa shape index (κ3) is 3.04. The standard InChI is InChI=1S/C19H16N4O2S/c1-25-14-4-2-3-12(7-14)10-23-11-22-18-15(19(23)24)9-16(26-18)13-5-6-21-17(20)8-13/h2-9,11H,10H2,1H3,(H2,20,21). The van der Waals surface area contributed by atoms with Crippen molar-refractivity contribution in [2.75, 3.05) is 12.8 Å². The summed E-state index contributed by atoms with van der Waals surface area (Å²) in [6.07, 6.45) is 3.24. The molecular weight excluding hydrogens is 348 g/mol. The lowest BCUT2D eigenvalue weighted by Gasteiger charge is -2.07. The molecule has 6 nitrogen and oxygen atoms in total. The minimum Gasteiger partial charge on any atom is -0.497 e. The van der Waals surface area contributed by atoms with Crippen molar-refractivity contribution in [1.29, 1.82) is 0 Å². The Labute approximate surface area is 153 Å². The number of hydrogen-bond acceptors (Lipinski definition) is 6. The summed E-state index contributed by atoms with van der Waals surface area (Å²) in [4.78, 5) is 23.0. The summed E-state index contributed by atoms with van der Waals surface area (Å²) in [5.74, 6) is 1.21. The van der Waals surface area contributed by atoms with Crippen molar-refractivity contribution >= 4 is 27.4 Å². The molecule has 0 saturated carbocycles. The number of nitrogens with two attached hydrogens (primary N) is 1. The normalized spacial score (nSPS) is 11.0. The molecule has 1 aromatic carbocycles. The van der Waals surface area contributed by atoms with Crippen LogP contribution in [0.2, 0.25) is 0 Å². The average Bonchev–Trinajstić information content (AvgIpc) is 3.09. The van der Waals surface area contributed by atoms with Gasteiger partial charge in [0.25, 0.3) is 5.56 Å². The van der Waals surface area contributed by atoms with Crippen molar-refractivity contribution in [1.82, 2.24) is 14.5 Å². The van der Waals surface area contributed by atoms with Crippen LogP contribution in [0.15, 0.2) is 59.8 Å². The summed E-state index contributed by atoms with van der Waals surface area (Å²) < 4.78 is 6.84. The van der Waals surface area contributed by atoms with E-state index in [1.54, 1.807) is 30.3 Å². The Kier molecular flexibility index (Phi) is 4.14. The number of rotatable bonds is 4. The van der Waals surface area contributed by atoms with Crippen molar-refractivity contribution in [3.05, 3.63) is 70.9 Å². The van der Waals surface area contributed by atoms with Crippen LogP contribution < -0.4 is 16.0 Å². The van der Waals surface area contributed by atoms with E-state index in [4.69, 9.17) is 10.5 Å². The lowest BCUT2D eigenvalue weighted by molar-refractivity contribution is 0.414. The minimum absolute atomic E-state index is 0.0673. The van der Waals surface area contributed by atoms with Crippen molar-refractivity contribution in [2.45, 2.75) is 6.54 Å². The summed E-state index contributed by atoms with van der Waals surface area (Å²) in [6, 6.07) is 13.2. The molecule has 0 bridgehead atoms. The van der Waals surface area contributed by atoms with E-state index in [2.05, 4.69) is 9.97 Å². The highest BCUT2D eigenvalue weighted by Gasteiger charge is 2.11. The number of nitrogens with zero attached hydrogens (tertiary/aromatic N) is 3. The number of anilines is 1. The highest BCUT2D eigenvalue weighted by molar-refractivity contribution is 7.21. The Morgan fingerprint density at radius 1 is 1.19 bits per heavy atom. The molecule has 0 atom stereocenters. The lowest BCUT2D eigenvalue weighted by atomic mass is 10.2. The fourth-order valence-corrected chi connectivity index (χ4v) is 3.77. The fourth-order valence-electron chi connectivity index (χ4n) is 2.78. The molecule has 0 saturated heterocycles. The largest absolute Gasteiger partial charge is 0.497 e. The molecule has 0 unspecified atom stereocenters. The summed E-state index contributed by atoms with van der Waals surface area (Å²) in [7, 11) is 1.62. The van der Waals surface area contributed by atoms with Gasteiger partial charge in [-0.3, -0.25) is 9.36 Å². The molecule has 3 aromatic heterocycles. The molecule has 0 radical (unpaired) electrons. The second kappa shape index (κ2) is 6.61. The smallest absolute Gasteiger partial charge is 0.262 e. The first-order chi connectivity index (χ1) is 12.6. The van der Waals surface area contributed by atoms with E-state index < -0.39 is 0 Å². The Balaban J connectivity index is 1.74. The van der Waals surface area contributed by atoms with Crippen LogP contribution >= 0.6 is 11.3 Å². The highest BCUT2D eigenvalue weighted by atomic mass is 32.1. The Bertz CT molecular complexity index is 1150. The van der Waals surface area contributed by atoms with Crippen LogP contribution in [0.5, 0.6) is 5.75 Å². The first kappa shape index (κ1) is 16.3. The molecule has 3 heterocycles. The molecule has 0 amide bonds. The predicted molar refractivity (Wildman–Crippen MR) is 104 cm³/mol. The summed E-state index contributed by atoms with van der Waals surface area (Å²) in [5.41, 5.74) is 7.59. The van der Waals surface area contributed by atoms with E-state index >= 15 is 0 Å². The average molecular weight is 364 g/mol. The number of nitrogen functional groups attached to an aromatic ring is 1. The van der Waals surface area contributed by atoms with Crippen LogP contribution in [0, 0.1) is 0 Å². The summed E-state index contributed by atoms with van der Waals surface area (Å²) in [6.45, 7) is 0.437. The van der Waals surface area contributed by atoms with Gasteiger partial charge in [-0.05, 0) is 41.5 Å². The van der Waals surface area contributed by atoms with Crippen molar-refractivity contribution < 1.29 is 4.74 Å². The van der Waals surface area contributed by atoms with E-state index in [-0.39, 0.29) is 5.56 Å². The molecule has 26 heavy (non-hydrogen) atoms. The summed E-state index contributed by atoms with van der Waals surface area (Å²) in [5, 5.41) is 0.603. The number of aromatic nitrogens is 3. The van der Waals surface area contributed by atoms with Gasteiger partial charge < -0.3 is 10.5 Å². The van der Waals surface area contributed by atoms with Gasteiger partial charge in [0.1, 0.15) is 16.4 Å². The van der Waals surface area contributed by atoms with Crippen LogP contribution in [-0.4, -0.2) is 21.6 Å². The molecule has 0 aliphatic carbocycles. The van der Waals surface area contributed by atoms with E-state index in [0.29, 0.717) is 22.6 Å². The quantitative estimate of drug-likeness (QED) is 0.601. The molecule has 0 fully saturated rings. The predicted octanol–water partition coefficient (Wildman–Crippen LogP) is 3.16. The summed E-state index contributed by atoms with van der Waals surface area (Å²) >= 11 is 1.47. The first-order valence-electron chi connectivity index (χ1n) is 7.98. The molecule has 2 N–H and O–H groups in total. The molecule has 4 aromatic rings. The van der Waals surface area contributed by atoms with Crippen LogP contribution in [0.4, 0.5) is 5.82 Å². The third-order valence-electron chi connectivity index (χ3n) is 4.07. The van der Waals surface area contributed by atoms with Gasteiger partial charge >= 0.3 is 0 Å². The van der Waals surface area contributed by atoms with Crippen molar-refractivity contribution in [3.8, 4) is 16.2 Å². The maximum atomic E-state index is 12.9. The number of pyridine rings is 1. The number of thiophene rings is 1. The maximum Gasteiger partial charge on any atom is 0.262 e. The zero-order valence-electron chi connectivity index (χ0n) is 14.0. The Morgan fingerprint density at radius 2 is 2.08 bits per heavy atom. The lowest BCUT2D eigenvalue weighted by Crippen LogP contribution is -2.20. The minimum atomic E-state index is -0.0673. The maximum absolute atomic E-state index is 12.9. The molecule has 130 valence electrons. The number of ether oxygens (including phenoxy) is 1. The van der Waals surface area contributed by atoms with Crippen LogP contribution in [-0.2, 0) is 6.54 Å². The van der Waals surface area contributed by atoms with E-state index in [0.717, 1.165) is 21.8 Å². The Hall–Kier alpha value is -3.19. The first-order valence-corrected chi connectivity index (χ1v) is 8.79. The number of methoxy groups -OCH3 is 1. The molecule has 7 heteroatoms. The zero-order chi connectivity index (χ0) is 18.1. The van der Waals surface area contributed by atoms with Gasteiger partial charge in [-0.25, -0.2) is 9.97 Å². The van der Waals surface area contributed by atoms with Gasteiger partial charge in [0.05, 0.1) is 25.4 Å². The van der Waals surface area contributed by atoms with Crippen molar-refractivity contribution in [3.63, 3.8) is 0 Å². The molecule has 4 rings (SSSR count). The zero-order valence-corrected chi connectivity index (χ0v) is 14.9. The van der Waals surface area contributed by atoms with Gasteiger partial charge in [0.2, 0.25) is 0 Å². The van der Waals surface area contributed by atoms with Gasteiger partial charge in [-0.15, -0.1) is 11.3 Å². The SMILES string of the molecule is COc1cccc(Cn2cnc3sc(-c4ccnc(N)c4)cc3c2=O)c1. The van der Waals surface area contributed by atoms with Crippen molar-refractivity contribution in [2.24, 2.45) is 0 Å². The fraction of sp³-hybridized carbons (Fsp3) is 0.105. The molecular formula is C19H16N4O2S. The second-order valence-electron chi connectivity index (χ2n) is 5.83. The number of benzene rings is 1. The van der Waals surface area contributed by atoms with Gasteiger partial charge in [-0.1, -0.05) is 12.1 Å². The number of fused-ring (bicyclic) bond motifs is 1. The molecule has 0 aliphatic rings. The monoisotopic (exact) mass is 364 g/mol. The second-order valence-corrected chi connectivity index (χ2v) is 6.86. The molecule has 0 aliphatic heterocycles. The van der Waals surface area contributed by atoms with E-state index in [9.17, 15) is 4.79 Å². The number of hydrogen-bond donors (Lipinski definition) is 1. The van der Waals surface area contributed by atoms with Gasteiger partial charge in [0, 0.05) is 11.1 Å². The van der Waals surface area contributed by atoms with Crippen LogP contribution in [0.1, 0.15) is 5.56 Å². The Morgan fingerprint density at radius 3 is 2.88 bits per heavy atom. The van der Waals surface area contributed by atoms with E-state index in [1.807, 2.05) is 36.4 Å². The van der Waals surface area contributed by atoms with Gasteiger partial charge in [-0.2, -0.15) is 0 Å². The topological polar surface area (TPSA) is 83.0 Å². The molecule has 0 spiro atoms. The van der Waals surface area contributed by atoms with E-state index in [1.165, 1.54) is 11.3 Å².